The number of aromatic nitrogens is 1. The third-order valence-corrected chi connectivity index (χ3v) is 12.2. The molecule has 0 saturated heterocycles. The smallest absolute Gasteiger partial charge is 0.254 e. The van der Waals surface area contributed by atoms with Gasteiger partial charge >= 0.3 is 0 Å². The number of benzene rings is 1. The highest BCUT2D eigenvalue weighted by Crippen LogP contribution is 2.64. The maximum Gasteiger partial charge on any atom is 0.254 e. The summed E-state index contributed by atoms with van der Waals surface area (Å²) in [7, 11) is 4.47. The first-order chi connectivity index (χ1) is 20.0. The molecule has 42 heavy (non-hydrogen) atoms. The molecule has 4 saturated carbocycles. The summed E-state index contributed by atoms with van der Waals surface area (Å²) >= 11 is 0. The molecule has 1 amide bonds. The van der Waals surface area contributed by atoms with Gasteiger partial charge in [0.1, 0.15) is 0 Å². The van der Waals surface area contributed by atoms with Crippen LogP contribution in [-0.2, 0) is 13.0 Å². The lowest BCUT2D eigenvalue weighted by Gasteiger charge is -2.59. The molecule has 1 atom stereocenters. The molecule has 226 valence electrons. The third kappa shape index (κ3) is 3.94. The fourth-order valence-corrected chi connectivity index (χ4v) is 9.39. The topological polar surface area (TPSA) is 74.9 Å². The number of rotatable bonds is 5. The van der Waals surface area contributed by atoms with E-state index in [0.717, 1.165) is 72.4 Å². The van der Waals surface area contributed by atoms with Gasteiger partial charge in [0.05, 0.1) is 6.54 Å². The monoisotopic (exact) mass is 573 g/mol. The Morgan fingerprint density at radius 2 is 1.62 bits per heavy atom. The predicted molar refractivity (Wildman–Crippen MR) is 164 cm³/mol. The maximum atomic E-state index is 14.3. The Bertz CT molecular complexity index is 1490. The van der Waals surface area contributed by atoms with Crippen LogP contribution >= 0.6 is 0 Å². The van der Waals surface area contributed by atoms with E-state index in [9.17, 15) is 9.59 Å². The molecule has 8 rings (SSSR count). The van der Waals surface area contributed by atoms with Crippen LogP contribution in [0.4, 0.5) is 0 Å². The van der Waals surface area contributed by atoms with Crippen molar-refractivity contribution in [3.8, 4) is 11.5 Å². The van der Waals surface area contributed by atoms with Crippen LogP contribution in [0.1, 0.15) is 121 Å². The molecule has 1 N–H and O–H groups in total. The van der Waals surface area contributed by atoms with Crippen LogP contribution in [0.15, 0.2) is 10.9 Å². The number of pyridine rings is 1. The van der Waals surface area contributed by atoms with Crippen LogP contribution in [0.3, 0.4) is 0 Å². The first kappa shape index (κ1) is 28.0. The van der Waals surface area contributed by atoms with Crippen molar-refractivity contribution < 1.29 is 14.3 Å². The summed E-state index contributed by atoms with van der Waals surface area (Å²) in [5.74, 6) is 1.40. The molecule has 1 unspecified atom stereocenters. The molecule has 0 radical (unpaired) electrons. The van der Waals surface area contributed by atoms with E-state index in [0.29, 0.717) is 30.1 Å². The van der Waals surface area contributed by atoms with Gasteiger partial charge in [-0.25, -0.2) is 0 Å². The van der Waals surface area contributed by atoms with Crippen LogP contribution in [0.2, 0.25) is 0 Å². The molecule has 4 fully saturated rings. The third-order valence-electron chi connectivity index (χ3n) is 12.2. The van der Waals surface area contributed by atoms with Crippen molar-refractivity contribution in [2.45, 2.75) is 122 Å². The predicted octanol–water partition coefficient (Wildman–Crippen LogP) is 6.30. The minimum absolute atomic E-state index is 0.0108. The number of nitrogens with zero attached hydrogens (tertiary/aromatic N) is 2. The second-order valence-corrected chi connectivity index (χ2v) is 14.5. The molecule has 3 heterocycles. The van der Waals surface area contributed by atoms with Crippen molar-refractivity contribution in [2.24, 2.45) is 5.41 Å². The minimum Gasteiger partial charge on any atom is -0.448 e. The number of ether oxygens (including phenoxy) is 2. The number of carbonyl (C=O) groups excluding carboxylic acids is 1. The molecule has 2 bridgehead atoms. The van der Waals surface area contributed by atoms with Crippen molar-refractivity contribution in [3.05, 3.63) is 55.5 Å². The fourth-order valence-electron chi connectivity index (χ4n) is 9.39. The number of carbonyl (C=O) groups is 1. The van der Waals surface area contributed by atoms with E-state index in [1.807, 2.05) is 31.7 Å². The quantitative estimate of drug-likeness (QED) is 0.455. The number of amides is 1. The summed E-state index contributed by atoms with van der Waals surface area (Å²) in [6, 6.07) is 1.99. The lowest BCUT2D eigenvalue weighted by molar-refractivity contribution is -0.212. The largest absolute Gasteiger partial charge is 0.448 e. The molecule has 0 spiro atoms. The van der Waals surface area contributed by atoms with Gasteiger partial charge in [0.15, 0.2) is 11.5 Å². The summed E-state index contributed by atoms with van der Waals surface area (Å²) in [6.45, 7) is 9.00. The van der Waals surface area contributed by atoms with Gasteiger partial charge in [0.2, 0.25) is 0 Å². The molecule has 1 aromatic carbocycles. The number of aromatic amines is 1. The molecule has 2 aliphatic heterocycles. The number of fused-ring (bicyclic) bond motifs is 5. The van der Waals surface area contributed by atoms with E-state index in [-0.39, 0.29) is 16.9 Å². The van der Waals surface area contributed by atoms with E-state index in [1.165, 1.54) is 43.2 Å². The molecule has 7 nitrogen and oxygen atoms in total. The Kier molecular flexibility index (Phi) is 6.40. The van der Waals surface area contributed by atoms with Crippen molar-refractivity contribution in [1.29, 1.82) is 0 Å². The Hall–Kier alpha value is -2.80. The fraction of sp³-hybridized carbons (Fsp3) is 0.657. The number of hydrogen-bond donors (Lipinski definition) is 1. The van der Waals surface area contributed by atoms with Gasteiger partial charge in [-0.15, -0.1) is 0 Å². The van der Waals surface area contributed by atoms with E-state index in [4.69, 9.17) is 9.47 Å². The minimum atomic E-state index is -0.731. The summed E-state index contributed by atoms with van der Waals surface area (Å²) in [6.07, 6.45) is 12.3. The van der Waals surface area contributed by atoms with E-state index in [1.54, 1.807) is 0 Å². The highest BCUT2D eigenvalue weighted by molar-refractivity contribution is 6.00. The standard InChI is InChI=1S/C35H47N3O4/c1-21-19-22(2)36-31(39)26(21)20-38-18-11-25-27(32(38)40)23(3)29-30(28(25)24-9-7-8-10-24)42-33(4,41-29)34-12-15-35(16-13-34,17-14-34)37(5)6/h19,24H,7-18,20H2,1-6H3,(H,36,39). The van der Waals surface area contributed by atoms with Gasteiger partial charge in [0.25, 0.3) is 17.3 Å². The van der Waals surface area contributed by atoms with Crippen molar-refractivity contribution in [3.63, 3.8) is 0 Å². The number of H-pyrrole nitrogens is 1. The SMILES string of the molecule is Cc1cc(C)c(CN2CCc3c(c(C)c4c(c3C3CCCC3)OC(C)(C35CCC(N(C)C)(CC3)CC5)O4)C2=O)c(=O)[nH]1. The summed E-state index contributed by atoms with van der Waals surface area (Å²) < 4.78 is 14.2. The van der Waals surface area contributed by atoms with Crippen LogP contribution in [0.5, 0.6) is 11.5 Å². The van der Waals surface area contributed by atoms with Gasteiger partial charge < -0.3 is 24.3 Å². The molecule has 7 heteroatoms. The highest BCUT2D eigenvalue weighted by Gasteiger charge is 2.63. The van der Waals surface area contributed by atoms with Crippen molar-refractivity contribution in [1.82, 2.24) is 14.8 Å². The highest BCUT2D eigenvalue weighted by atomic mass is 16.7. The second kappa shape index (κ2) is 9.60. The Balaban J connectivity index is 1.27. The van der Waals surface area contributed by atoms with Crippen LogP contribution < -0.4 is 15.0 Å². The molecule has 2 aromatic rings. The number of nitrogens with one attached hydrogen (secondary N) is 1. The molecule has 6 aliphatic rings. The lowest BCUT2D eigenvalue weighted by atomic mass is 9.54. The van der Waals surface area contributed by atoms with E-state index in [2.05, 4.69) is 30.9 Å². The average molecular weight is 574 g/mol. The normalized spacial score (nSPS) is 30.5. The van der Waals surface area contributed by atoms with Crippen LogP contribution in [0.25, 0.3) is 0 Å². The van der Waals surface area contributed by atoms with E-state index < -0.39 is 5.79 Å². The zero-order valence-corrected chi connectivity index (χ0v) is 26.4. The lowest BCUT2D eigenvalue weighted by Crippen LogP contribution is -2.62. The number of aryl methyl sites for hydroxylation is 2. The summed E-state index contributed by atoms with van der Waals surface area (Å²) in [5, 5.41) is 0. The Labute approximate surface area is 250 Å². The van der Waals surface area contributed by atoms with Crippen LogP contribution in [-0.4, -0.2) is 52.7 Å². The van der Waals surface area contributed by atoms with Gasteiger partial charge in [-0.1, -0.05) is 12.8 Å². The first-order valence-corrected chi connectivity index (χ1v) is 16.2. The number of hydrogen-bond acceptors (Lipinski definition) is 5. The summed E-state index contributed by atoms with van der Waals surface area (Å²) in [4.78, 5) is 34.4. The average Bonchev–Trinajstić information content (AvgIpc) is 3.62. The Morgan fingerprint density at radius 3 is 2.24 bits per heavy atom. The van der Waals surface area contributed by atoms with E-state index >= 15 is 0 Å². The zero-order valence-electron chi connectivity index (χ0n) is 26.4. The second-order valence-electron chi connectivity index (χ2n) is 14.5. The zero-order chi connectivity index (χ0) is 29.6. The summed E-state index contributed by atoms with van der Waals surface area (Å²) in [5.41, 5.74) is 6.71. The molecule has 4 aliphatic carbocycles. The first-order valence-electron chi connectivity index (χ1n) is 16.2. The van der Waals surface area contributed by atoms with Crippen molar-refractivity contribution in [2.75, 3.05) is 20.6 Å². The molecule has 1 aromatic heterocycles. The van der Waals surface area contributed by atoms with Crippen LogP contribution in [0, 0.1) is 26.2 Å². The van der Waals surface area contributed by atoms with Gasteiger partial charge in [-0.05, 0) is 116 Å². The van der Waals surface area contributed by atoms with Gasteiger partial charge in [-0.3, -0.25) is 9.59 Å². The Morgan fingerprint density at radius 1 is 0.976 bits per heavy atom. The molecular formula is C35H47N3O4. The van der Waals surface area contributed by atoms with Gasteiger partial charge in [-0.2, -0.15) is 0 Å². The van der Waals surface area contributed by atoms with Crippen molar-refractivity contribution >= 4 is 5.91 Å². The maximum absolute atomic E-state index is 14.3. The van der Waals surface area contributed by atoms with Gasteiger partial charge in [0, 0.05) is 52.4 Å². The molecular weight excluding hydrogens is 526 g/mol.